The molecular formula is C9H9FN2O. The van der Waals surface area contributed by atoms with Gasteiger partial charge in [-0.2, -0.15) is 0 Å². The quantitative estimate of drug-likeness (QED) is 0.740. The third-order valence-electron chi connectivity index (χ3n) is 1.87. The molecule has 2 rings (SSSR count). The van der Waals surface area contributed by atoms with Crippen molar-refractivity contribution in [3.63, 3.8) is 0 Å². The van der Waals surface area contributed by atoms with Crippen molar-refractivity contribution >= 4 is 5.91 Å². The molecule has 4 heteroatoms. The third-order valence-corrected chi connectivity index (χ3v) is 1.87. The summed E-state index contributed by atoms with van der Waals surface area (Å²) in [6.45, 7) is 0. The van der Waals surface area contributed by atoms with Crippen molar-refractivity contribution < 1.29 is 9.18 Å². The fourth-order valence-electron chi connectivity index (χ4n) is 0.997. The number of nitrogens with one attached hydrogen (secondary N) is 1. The molecule has 1 aromatic heterocycles. The van der Waals surface area contributed by atoms with E-state index in [4.69, 9.17) is 0 Å². The number of hydrogen-bond acceptors (Lipinski definition) is 2. The molecule has 1 heterocycles. The molecule has 0 aliphatic heterocycles. The van der Waals surface area contributed by atoms with Gasteiger partial charge in [0.2, 0.25) is 0 Å². The van der Waals surface area contributed by atoms with Crippen molar-refractivity contribution in [1.82, 2.24) is 10.3 Å². The molecular weight excluding hydrogens is 171 g/mol. The van der Waals surface area contributed by atoms with E-state index in [1.54, 1.807) is 0 Å². The Morgan fingerprint density at radius 1 is 1.54 bits per heavy atom. The van der Waals surface area contributed by atoms with E-state index in [1.165, 1.54) is 12.1 Å². The van der Waals surface area contributed by atoms with Gasteiger partial charge in [0.15, 0.2) is 0 Å². The highest BCUT2D eigenvalue weighted by Gasteiger charge is 2.24. The number of aromatic nitrogens is 1. The minimum absolute atomic E-state index is 0.220. The molecule has 1 N–H and O–H groups in total. The van der Waals surface area contributed by atoms with Gasteiger partial charge in [-0.25, -0.2) is 9.37 Å². The molecule has 13 heavy (non-hydrogen) atoms. The minimum Gasteiger partial charge on any atom is -0.348 e. The predicted molar refractivity (Wildman–Crippen MR) is 44.7 cm³/mol. The van der Waals surface area contributed by atoms with Crippen molar-refractivity contribution in [2.24, 2.45) is 0 Å². The van der Waals surface area contributed by atoms with Gasteiger partial charge in [-0.3, -0.25) is 4.79 Å². The molecule has 1 aromatic rings. The van der Waals surface area contributed by atoms with Gasteiger partial charge in [-0.05, 0) is 25.0 Å². The van der Waals surface area contributed by atoms with Crippen LogP contribution in [0.2, 0.25) is 0 Å². The Hall–Kier alpha value is -1.45. The topological polar surface area (TPSA) is 42.0 Å². The minimum atomic E-state index is -0.428. The van der Waals surface area contributed by atoms with Crippen LogP contribution < -0.4 is 5.32 Å². The molecule has 0 bridgehead atoms. The lowest BCUT2D eigenvalue weighted by atomic mass is 10.3. The maximum Gasteiger partial charge on any atom is 0.270 e. The smallest absolute Gasteiger partial charge is 0.270 e. The Morgan fingerprint density at radius 3 is 2.85 bits per heavy atom. The zero-order valence-corrected chi connectivity index (χ0v) is 6.96. The zero-order chi connectivity index (χ0) is 9.26. The number of pyridine rings is 1. The lowest BCUT2D eigenvalue weighted by Crippen LogP contribution is -2.26. The maximum absolute atomic E-state index is 12.4. The average Bonchev–Trinajstić information content (AvgIpc) is 2.89. The fraction of sp³-hybridized carbons (Fsp3) is 0.333. The molecule has 0 radical (unpaired) electrons. The van der Waals surface area contributed by atoms with Crippen LogP contribution in [-0.2, 0) is 0 Å². The van der Waals surface area contributed by atoms with Crippen LogP contribution in [0.3, 0.4) is 0 Å². The Kier molecular flexibility index (Phi) is 1.96. The summed E-state index contributed by atoms with van der Waals surface area (Å²) in [7, 11) is 0. The highest BCUT2D eigenvalue weighted by molar-refractivity contribution is 5.92. The lowest BCUT2D eigenvalue weighted by Gasteiger charge is -2.00. The van der Waals surface area contributed by atoms with E-state index in [0.717, 1.165) is 19.0 Å². The van der Waals surface area contributed by atoms with Crippen molar-refractivity contribution in [2.45, 2.75) is 18.9 Å². The Bertz CT molecular complexity index is 319. The summed E-state index contributed by atoms with van der Waals surface area (Å²) in [6, 6.07) is 2.92. The zero-order valence-electron chi connectivity index (χ0n) is 6.96. The van der Waals surface area contributed by atoms with Crippen LogP contribution in [0, 0.1) is 5.82 Å². The fourth-order valence-corrected chi connectivity index (χ4v) is 0.997. The summed E-state index contributed by atoms with van der Waals surface area (Å²) >= 11 is 0. The van der Waals surface area contributed by atoms with E-state index in [-0.39, 0.29) is 11.6 Å². The van der Waals surface area contributed by atoms with Crippen molar-refractivity contribution in [3.05, 3.63) is 29.8 Å². The highest BCUT2D eigenvalue weighted by atomic mass is 19.1. The number of rotatable bonds is 2. The maximum atomic E-state index is 12.4. The molecule has 1 aliphatic rings. The molecule has 0 unspecified atom stereocenters. The number of nitrogens with zero attached hydrogens (tertiary/aromatic N) is 1. The first-order chi connectivity index (χ1) is 6.25. The van der Waals surface area contributed by atoms with Gasteiger partial charge in [0.1, 0.15) is 11.5 Å². The van der Waals surface area contributed by atoms with Crippen LogP contribution in [0.1, 0.15) is 23.3 Å². The van der Waals surface area contributed by atoms with Gasteiger partial charge in [0.05, 0.1) is 6.20 Å². The third kappa shape index (κ3) is 2.02. The Balaban J connectivity index is 2.05. The molecule has 1 amide bonds. The summed E-state index contributed by atoms with van der Waals surface area (Å²) in [5.74, 6) is -0.648. The van der Waals surface area contributed by atoms with Gasteiger partial charge in [0, 0.05) is 6.04 Å². The normalized spacial score (nSPS) is 15.5. The van der Waals surface area contributed by atoms with E-state index in [9.17, 15) is 9.18 Å². The van der Waals surface area contributed by atoms with Gasteiger partial charge >= 0.3 is 0 Å². The Morgan fingerprint density at radius 2 is 2.31 bits per heavy atom. The monoisotopic (exact) mass is 180 g/mol. The van der Waals surface area contributed by atoms with Crippen LogP contribution in [0.4, 0.5) is 4.39 Å². The van der Waals surface area contributed by atoms with Crippen molar-refractivity contribution in [1.29, 1.82) is 0 Å². The van der Waals surface area contributed by atoms with Gasteiger partial charge in [-0.1, -0.05) is 0 Å². The lowest BCUT2D eigenvalue weighted by molar-refractivity contribution is 0.0946. The molecule has 0 saturated heterocycles. The number of halogens is 1. The first-order valence-electron chi connectivity index (χ1n) is 4.18. The standard InChI is InChI=1S/C9H9FN2O/c10-6-1-4-8(11-5-6)9(13)12-7-2-3-7/h1,4-5,7H,2-3H2,(H,12,13). The van der Waals surface area contributed by atoms with E-state index >= 15 is 0 Å². The van der Waals surface area contributed by atoms with E-state index in [1.807, 2.05) is 0 Å². The first-order valence-corrected chi connectivity index (χ1v) is 4.18. The number of hydrogen-bond donors (Lipinski definition) is 1. The van der Waals surface area contributed by atoms with Crippen molar-refractivity contribution in [2.75, 3.05) is 0 Å². The molecule has 1 aliphatic carbocycles. The van der Waals surface area contributed by atoms with Crippen LogP contribution in [0.15, 0.2) is 18.3 Å². The largest absolute Gasteiger partial charge is 0.348 e. The van der Waals surface area contributed by atoms with Crippen LogP contribution in [0.5, 0.6) is 0 Å². The molecule has 0 atom stereocenters. The summed E-state index contributed by atoms with van der Waals surface area (Å²) in [4.78, 5) is 15.0. The predicted octanol–water partition coefficient (Wildman–Crippen LogP) is 1.11. The highest BCUT2D eigenvalue weighted by Crippen LogP contribution is 2.18. The van der Waals surface area contributed by atoms with Crippen molar-refractivity contribution in [3.8, 4) is 0 Å². The molecule has 1 saturated carbocycles. The number of amides is 1. The first kappa shape index (κ1) is 8.16. The number of carbonyl (C=O) groups is 1. The SMILES string of the molecule is O=C(NC1CC1)c1ccc(F)cn1. The molecule has 1 fully saturated rings. The number of carbonyl (C=O) groups excluding carboxylic acids is 1. The second-order valence-corrected chi connectivity index (χ2v) is 3.11. The van der Waals surface area contributed by atoms with Crippen LogP contribution in [-0.4, -0.2) is 16.9 Å². The van der Waals surface area contributed by atoms with E-state index in [2.05, 4.69) is 10.3 Å². The van der Waals surface area contributed by atoms with Crippen LogP contribution >= 0.6 is 0 Å². The average molecular weight is 180 g/mol. The molecule has 0 aromatic carbocycles. The summed E-state index contributed by atoms with van der Waals surface area (Å²) < 4.78 is 12.4. The van der Waals surface area contributed by atoms with E-state index < -0.39 is 5.82 Å². The second kappa shape index (κ2) is 3.12. The van der Waals surface area contributed by atoms with Gasteiger partial charge < -0.3 is 5.32 Å². The second-order valence-electron chi connectivity index (χ2n) is 3.11. The van der Waals surface area contributed by atoms with Gasteiger partial charge in [0.25, 0.3) is 5.91 Å². The van der Waals surface area contributed by atoms with E-state index in [0.29, 0.717) is 6.04 Å². The van der Waals surface area contributed by atoms with Gasteiger partial charge in [-0.15, -0.1) is 0 Å². The van der Waals surface area contributed by atoms with Crippen LogP contribution in [0.25, 0.3) is 0 Å². The summed E-state index contributed by atoms with van der Waals surface area (Å²) in [5.41, 5.74) is 0.272. The summed E-state index contributed by atoms with van der Waals surface area (Å²) in [6.07, 6.45) is 3.11. The molecule has 3 nitrogen and oxygen atoms in total. The molecule has 0 spiro atoms. The molecule has 68 valence electrons. The Labute approximate surface area is 75.0 Å². The summed E-state index contributed by atoms with van der Waals surface area (Å²) in [5, 5.41) is 2.77.